The van der Waals surface area contributed by atoms with Crippen molar-refractivity contribution in [2.75, 3.05) is 0 Å². The van der Waals surface area contributed by atoms with E-state index in [1.165, 1.54) is 11.1 Å². The van der Waals surface area contributed by atoms with Crippen LogP contribution in [-0.2, 0) is 7.05 Å². The van der Waals surface area contributed by atoms with Gasteiger partial charge in [-0.2, -0.15) is 0 Å². The van der Waals surface area contributed by atoms with Crippen LogP contribution in [0.1, 0.15) is 11.4 Å². The number of fused-ring (bicyclic) bond motifs is 1. The minimum atomic E-state index is 1.05. The molecule has 2 rings (SSSR count). The maximum atomic E-state index is 4.51. The zero-order valence-corrected chi connectivity index (χ0v) is 9.51. The molecule has 0 N–H and O–H groups in total. The molecule has 2 aromatic rings. The molecule has 0 atom stereocenters. The van der Waals surface area contributed by atoms with Gasteiger partial charge in [-0.3, -0.25) is 0 Å². The molecule has 0 bridgehead atoms. The maximum absolute atomic E-state index is 4.51. The van der Waals surface area contributed by atoms with E-state index in [1.807, 2.05) is 14.0 Å². The Morgan fingerprint density at radius 3 is 2.62 bits per heavy atom. The third kappa shape index (κ3) is 1.18. The smallest absolute Gasteiger partial charge is 0.106 e. The van der Waals surface area contributed by atoms with Crippen LogP contribution in [-0.4, -0.2) is 9.55 Å². The van der Waals surface area contributed by atoms with E-state index in [9.17, 15) is 0 Å². The van der Waals surface area contributed by atoms with Gasteiger partial charge in [0.25, 0.3) is 0 Å². The van der Waals surface area contributed by atoms with Crippen molar-refractivity contribution in [3.8, 4) is 0 Å². The fraction of sp³-hybridized carbons (Fsp3) is 0.300. The molecule has 1 aromatic carbocycles. The molecule has 1 aromatic heterocycles. The Kier molecular flexibility index (Phi) is 1.91. The van der Waals surface area contributed by atoms with Crippen LogP contribution in [0.2, 0.25) is 0 Å². The highest BCUT2D eigenvalue weighted by Gasteiger charge is 2.08. The summed E-state index contributed by atoms with van der Waals surface area (Å²) in [5.41, 5.74) is 3.49. The Morgan fingerprint density at radius 1 is 1.31 bits per heavy atom. The van der Waals surface area contributed by atoms with E-state index >= 15 is 0 Å². The summed E-state index contributed by atoms with van der Waals surface area (Å²) < 4.78 is 3.21. The van der Waals surface area contributed by atoms with E-state index in [0.29, 0.717) is 0 Å². The molecule has 68 valence electrons. The SMILES string of the molecule is Cc1ccc(Br)c2c1nc(C)n2C. The molecule has 0 radical (unpaired) electrons. The van der Waals surface area contributed by atoms with Crippen LogP contribution >= 0.6 is 15.9 Å². The molecule has 0 saturated heterocycles. The van der Waals surface area contributed by atoms with Crippen molar-refractivity contribution in [3.63, 3.8) is 0 Å². The van der Waals surface area contributed by atoms with E-state index in [2.05, 4.69) is 44.5 Å². The largest absolute Gasteiger partial charge is 0.330 e. The highest BCUT2D eigenvalue weighted by molar-refractivity contribution is 9.10. The second-order valence-electron chi connectivity index (χ2n) is 3.28. The standard InChI is InChI=1S/C10H11BrN2/c1-6-4-5-8(11)10-9(6)12-7(2)13(10)3/h4-5H,1-3H3. The first-order valence-electron chi connectivity index (χ1n) is 4.19. The van der Waals surface area contributed by atoms with Gasteiger partial charge < -0.3 is 4.57 Å². The average molecular weight is 239 g/mol. The highest BCUT2D eigenvalue weighted by Crippen LogP contribution is 2.26. The van der Waals surface area contributed by atoms with Crippen molar-refractivity contribution in [2.45, 2.75) is 13.8 Å². The van der Waals surface area contributed by atoms with E-state index in [1.54, 1.807) is 0 Å². The third-order valence-corrected chi connectivity index (χ3v) is 3.04. The van der Waals surface area contributed by atoms with E-state index in [4.69, 9.17) is 0 Å². The van der Waals surface area contributed by atoms with Gasteiger partial charge in [0.2, 0.25) is 0 Å². The number of halogens is 1. The zero-order valence-electron chi connectivity index (χ0n) is 7.93. The minimum Gasteiger partial charge on any atom is -0.330 e. The molecule has 0 aliphatic carbocycles. The van der Waals surface area contributed by atoms with Crippen molar-refractivity contribution in [1.29, 1.82) is 0 Å². The minimum absolute atomic E-state index is 1.05. The van der Waals surface area contributed by atoms with Crippen LogP contribution in [0.5, 0.6) is 0 Å². The average Bonchev–Trinajstić information content (AvgIpc) is 2.38. The Morgan fingerprint density at radius 2 is 2.00 bits per heavy atom. The number of imidazole rings is 1. The number of nitrogens with zero attached hydrogens (tertiary/aromatic N) is 2. The van der Waals surface area contributed by atoms with Crippen LogP contribution in [0.15, 0.2) is 16.6 Å². The van der Waals surface area contributed by atoms with Gasteiger partial charge in [0.05, 0.1) is 11.0 Å². The predicted octanol–water partition coefficient (Wildman–Crippen LogP) is 2.95. The lowest BCUT2D eigenvalue weighted by Crippen LogP contribution is -1.90. The number of benzene rings is 1. The molecule has 0 unspecified atom stereocenters. The first-order valence-corrected chi connectivity index (χ1v) is 4.98. The molecule has 0 amide bonds. The van der Waals surface area contributed by atoms with Crippen molar-refractivity contribution < 1.29 is 0 Å². The van der Waals surface area contributed by atoms with Crippen molar-refractivity contribution in [2.24, 2.45) is 7.05 Å². The summed E-state index contributed by atoms with van der Waals surface area (Å²) >= 11 is 3.53. The molecule has 1 heterocycles. The summed E-state index contributed by atoms with van der Waals surface area (Å²) in [5.74, 6) is 1.05. The quantitative estimate of drug-likeness (QED) is 0.691. The molecule has 0 fully saturated rings. The molecule has 2 nitrogen and oxygen atoms in total. The second-order valence-corrected chi connectivity index (χ2v) is 4.13. The van der Waals surface area contributed by atoms with E-state index < -0.39 is 0 Å². The van der Waals surface area contributed by atoms with Crippen LogP contribution in [0, 0.1) is 13.8 Å². The van der Waals surface area contributed by atoms with Gasteiger partial charge in [-0.05, 0) is 41.4 Å². The lowest BCUT2D eigenvalue weighted by atomic mass is 10.2. The summed E-state index contributed by atoms with van der Waals surface area (Å²) in [6, 6.07) is 4.15. The zero-order chi connectivity index (χ0) is 9.59. The molecule has 0 aliphatic heterocycles. The molecule has 0 saturated carbocycles. The van der Waals surface area contributed by atoms with Crippen molar-refractivity contribution in [1.82, 2.24) is 9.55 Å². The van der Waals surface area contributed by atoms with E-state index in [0.717, 1.165) is 15.8 Å². The Balaban J connectivity index is 3.00. The summed E-state index contributed by atoms with van der Waals surface area (Å²) in [5, 5.41) is 0. The molecule has 0 aliphatic rings. The predicted molar refractivity (Wildman–Crippen MR) is 57.9 cm³/mol. The van der Waals surface area contributed by atoms with Gasteiger partial charge in [0.1, 0.15) is 5.82 Å². The lowest BCUT2D eigenvalue weighted by molar-refractivity contribution is 0.884. The fourth-order valence-electron chi connectivity index (χ4n) is 1.51. The van der Waals surface area contributed by atoms with Gasteiger partial charge in [0.15, 0.2) is 0 Å². The Labute approximate surface area is 85.7 Å². The molecule has 13 heavy (non-hydrogen) atoms. The van der Waals surface area contributed by atoms with Crippen LogP contribution in [0.25, 0.3) is 11.0 Å². The maximum Gasteiger partial charge on any atom is 0.106 e. The third-order valence-electron chi connectivity index (χ3n) is 2.40. The molecule has 3 heteroatoms. The molecular formula is C10H11BrN2. The summed E-state index contributed by atoms with van der Waals surface area (Å²) in [6.07, 6.45) is 0. The number of aryl methyl sites for hydroxylation is 3. The normalized spacial score (nSPS) is 11.1. The summed E-state index contributed by atoms with van der Waals surface area (Å²) in [6.45, 7) is 4.10. The highest BCUT2D eigenvalue weighted by atomic mass is 79.9. The number of hydrogen-bond donors (Lipinski definition) is 0. The van der Waals surface area contributed by atoms with Gasteiger partial charge in [-0.1, -0.05) is 6.07 Å². The summed E-state index contributed by atoms with van der Waals surface area (Å²) in [4.78, 5) is 4.51. The Hall–Kier alpha value is -0.830. The fourth-order valence-corrected chi connectivity index (χ4v) is 2.10. The van der Waals surface area contributed by atoms with Crippen molar-refractivity contribution >= 4 is 27.0 Å². The lowest BCUT2D eigenvalue weighted by Gasteiger charge is -2.00. The van der Waals surface area contributed by atoms with Crippen molar-refractivity contribution in [3.05, 3.63) is 28.0 Å². The topological polar surface area (TPSA) is 17.8 Å². The van der Waals surface area contributed by atoms with Gasteiger partial charge >= 0.3 is 0 Å². The van der Waals surface area contributed by atoms with Crippen LogP contribution < -0.4 is 0 Å². The number of hydrogen-bond acceptors (Lipinski definition) is 1. The molecular weight excluding hydrogens is 228 g/mol. The summed E-state index contributed by atoms with van der Waals surface area (Å²) in [7, 11) is 2.04. The Bertz CT molecular complexity index is 471. The first-order chi connectivity index (χ1) is 6.11. The first kappa shape index (κ1) is 8.75. The van der Waals surface area contributed by atoms with E-state index in [-0.39, 0.29) is 0 Å². The number of rotatable bonds is 0. The monoisotopic (exact) mass is 238 g/mol. The van der Waals surface area contributed by atoms with Gasteiger partial charge in [0, 0.05) is 11.5 Å². The second kappa shape index (κ2) is 2.84. The van der Waals surface area contributed by atoms with Crippen LogP contribution in [0.3, 0.4) is 0 Å². The van der Waals surface area contributed by atoms with Crippen LogP contribution in [0.4, 0.5) is 0 Å². The number of aromatic nitrogens is 2. The molecule has 0 spiro atoms. The van der Waals surface area contributed by atoms with Gasteiger partial charge in [-0.25, -0.2) is 4.98 Å². The van der Waals surface area contributed by atoms with Gasteiger partial charge in [-0.15, -0.1) is 0 Å².